The van der Waals surface area contributed by atoms with Gasteiger partial charge < -0.3 is 35.6 Å². The predicted octanol–water partition coefficient (Wildman–Crippen LogP) is 5.74. The number of aliphatic imine (C=N–C) groups is 1. The molecular weight excluding hydrogens is 665 g/mol. The van der Waals surface area contributed by atoms with Gasteiger partial charge in [0.05, 0.1) is 23.4 Å². The predicted molar refractivity (Wildman–Crippen MR) is 192 cm³/mol. The van der Waals surface area contributed by atoms with Crippen molar-refractivity contribution in [2.24, 2.45) is 16.5 Å². The normalized spacial score (nSPS) is 31.0. The first-order valence-electron chi connectivity index (χ1n) is 17.4. The van der Waals surface area contributed by atoms with E-state index in [9.17, 15) is 15.4 Å². The Morgan fingerprint density at radius 2 is 1.82 bits per heavy atom. The molecule has 1 aromatic heterocycles. The van der Waals surface area contributed by atoms with Gasteiger partial charge in [0, 0.05) is 46.5 Å². The Balaban J connectivity index is 1.43. The highest BCUT2D eigenvalue weighted by Gasteiger charge is 2.52. The molecule has 3 aromatic rings. The van der Waals surface area contributed by atoms with Crippen LogP contribution in [-0.2, 0) is 11.4 Å². The first-order chi connectivity index (χ1) is 23.6. The zero-order valence-electron chi connectivity index (χ0n) is 27.6. The lowest BCUT2D eigenvalue weighted by atomic mass is 9.71. The fourth-order valence-electron chi connectivity index (χ4n) is 9.00. The molecule has 6 atom stereocenters. The van der Waals surface area contributed by atoms with Crippen LogP contribution in [0.1, 0.15) is 111 Å². The second-order valence-electron chi connectivity index (χ2n) is 14.7. The van der Waals surface area contributed by atoms with Crippen molar-refractivity contribution >= 4 is 44.2 Å². The summed E-state index contributed by atoms with van der Waals surface area (Å²) >= 11 is 0. The number of hydrogen-bond acceptors (Lipinski definition) is 11. The number of nitrogens with one attached hydrogen (secondary N) is 1. The third-order valence-electron chi connectivity index (χ3n) is 11.3. The average molecular weight is 709 g/mol. The Labute approximate surface area is 292 Å². The molecule has 11 nitrogen and oxygen atoms in total. The van der Waals surface area contributed by atoms with Gasteiger partial charge in [-0.25, -0.2) is 4.99 Å². The molecule has 0 radical (unpaired) electrons. The van der Waals surface area contributed by atoms with Crippen molar-refractivity contribution in [3.05, 3.63) is 62.5 Å². The topological polar surface area (TPSA) is 186 Å². The minimum atomic E-state index is -1.52. The number of nitrogens with zero attached hydrogens (tertiary/aromatic N) is 1. The van der Waals surface area contributed by atoms with E-state index in [-0.39, 0.29) is 41.5 Å². The Hall–Kier alpha value is -3.10. The number of aliphatic hydroxyl groups is 2. The number of benzene rings is 2. The van der Waals surface area contributed by atoms with E-state index < -0.39 is 23.3 Å². The van der Waals surface area contributed by atoms with Crippen molar-refractivity contribution in [3.63, 3.8) is 0 Å². The summed E-state index contributed by atoms with van der Waals surface area (Å²) in [6.07, 6.45) is 6.62. The number of rotatable bonds is 5. The Morgan fingerprint density at radius 1 is 1.04 bits per heavy atom. The molecule has 8 rings (SSSR count). The smallest absolute Gasteiger partial charge is 0.200 e. The number of nitrogens with two attached hydrogens (primary N) is 2. The molecule has 2 bridgehead atoms. The summed E-state index contributed by atoms with van der Waals surface area (Å²) in [5.74, 6) is 1.80. The van der Waals surface area contributed by atoms with E-state index in [0.29, 0.717) is 64.5 Å². The van der Waals surface area contributed by atoms with Crippen LogP contribution in [0.4, 0.5) is 5.69 Å². The van der Waals surface area contributed by atoms with E-state index in [0.717, 1.165) is 55.2 Å². The quantitative estimate of drug-likeness (QED) is 0.0819. The summed E-state index contributed by atoms with van der Waals surface area (Å²) in [6, 6.07) is 6.87. The van der Waals surface area contributed by atoms with Crippen LogP contribution in [0.3, 0.4) is 0 Å². The lowest BCUT2D eigenvalue weighted by Crippen LogP contribution is -2.47. The van der Waals surface area contributed by atoms with Crippen molar-refractivity contribution in [2.45, 2.75) is 118 Å². The molecular formula is C36H44N4O7S2. The second kappa shape index (κ2) is 12.6. The zero-order chi connectivity index (χ0) is 34.1. The van der Waals surface area contributed by atoms with Gasteiger partial charge in [0.15, 0.2) is 5.96 Å². The van der Waals surface area contributed by atoms with Gasteiger partial charge in [-0.3, -0.25) is 15.5 Å². The molecule has 262 valence electrons. The summed E-state index contributed by atoms with van der Waals surface area (Å²) in [5.41, 5.74) is 14.9. The van der Waals surface area contributed by atoms with Crippen LogP contribution in [0.25, 0.3) is 11.0 Å². The Bertz CT molecular complexity index is 1860. The van der Waals surface area contributed by atoms with Gasteiger partial charge in [0.2, 0.25) is 5.43 Å². The van der Waals surface area contributed by atoms with Gasteiger partial charge in [0.1, 0.15) is 39.9 Å². The van der Waals surface area contributed by atoms with E-state index in [1.165, 1.54) is 0 Å². The third-order valence-corrected chi connectivity index (χ3v) is 13.7. The lowest BCUT2D eigenvalue weighted by molar-refractivity contribution is -0.0727. The molecule has 49 heavy (non-hydrogen) atoms. The third kappa shape index (κ3) is 5.65. The molecule has 0 saturated heterocycles. The van der Waals surface area contributed by atoms with Gasteiger partial charge >= 0.3 is 0 Å². The maximum atomic E-state index is 15.4. The molecule has 5 aliphatic rings. The van der Waals surface area contributed by atoms with Gasteiger partial charge in [0.25, 0.3) is 0 Å². The number of anilines is 1. The van der Waals surface area contributed by atoms with Gasteiger partial charge in [-0.2, -0.15) is 0 Å². The van der Waals surface area contributed by atoms with Crippen molar-refractivity contribution < 1.29 is 29.3 Å². The summed E-state index contributed by atoms with van der Waals surface area (Å²) in [7, 11) is 3.20. The lowest BCUT2D eigenvalue weighted by Gasteiger charge is -2.38. The van der Waals surface area contributed by atoms with Crippen LogP contribution in [0, 0.1) is 0 Å². The van der Waals surface area contributed by atoms with Crippen molar-refractivity contribution in [3.8, 4) is 11.5 Å². The van der Waals surface area contributed by atoms with Gasteiger partial charge in [-0.05, 0) is 82.4 Å². The maximum absolute atomic E-state index is 15.4. The summed E-state index contributed by atoms with van der Waals surface area (Å²) in [6.45, 7) is 1.84. The van der Waals surface area contributed by atoms with Crippen LogP contribution in [0.5, 0.6) is 11.5 Å². The molecule has 2 saturated carbocycles. The van der Waals surface area contributed by atoms with Crippen molar-refractivity contribution in [1.29, 1.82) is 0 Å². The second-order valence-corrected chi connectivity index (χ2v) is 17.2. The molecule has 2 aliphatic heterocycles. The molecule has 0 unspecified atom stereocenters. The van der Waals surface area contributed by atoms with Gasteiger partial charge in [-0.15, -0.1) is 0 Å². The molecule has 8 N–H and O–H groups in total. The fourth-order valence-corrected chi connectivity index (χ4v) is 11.3. The Kier molecular flexibility index (Phi) is 8.50. The minimum Gasteiger partial charge on any atom is -0.489 e. The number of ether oxygens (including phenoxy) is 2. The average Bonchev–Trinajstić information content (AvgIpc) is 3.72. The highest BCUT2D eigenvalue weighted by molar-refractivity contribution is 8.76. The largest absolute Gasteiger partial charge is 0.489 e. The number of hydrogen-bond donors (Lipinski definition) is 6. The first-order valence-corrected chi connectivity index (χ1v) is 19.9. The SMILES string of the molecule is C[C@@]1(O)CCC[C@@H]2c3c(c4c5oc6c(c(=O)c5c3OC3CCCC3)[C@H](c3ccc(NO)cc3)CC[C@@]6(O)C[C@H](N=C(N)N)CSSC4)O[C@@H]21. The van der Waals surface area contributed by atoms with Crippen molar-refractivity contribution in [1.82, 2.24) is 0 Å². The summed E-state index contributed by atoms with van der Waals surface area (Å²) < 4.78 is 20.7. The van der Waals surface area contributed by atoms with Crippen molar-refractivity contribution in [2.75, 3.05) is 11.2 Å². The zero-order valence-corrected chi connectivity index (χ0v) is 29.2. The minimum absolute atomic E-state index is 0.0460. The summed E-state index contributed by atoms with van der Waals surface area (Å²) in [4.78, 5) is 19.9. The van der Waals surface area contributed by atoms with E-state index in [4.69, 9.17) is 25.4 Å². The molecule has 2 aromatic carbocycles. The fraction of sp³-hybridized carbons (Fsp3) is 0.556. The summed E-state index contributed by atoms with van der Waals surface area (Å²) in [5, 5.41) is 34.0. The van der Waals surface area contributed by atoms with Crippen LogP contribution in [0.15, 0.2) is 38.5 Å². The maximum Gasteiger partial charge on any atom is 0.200 e. The van der Waals surface area contributed by atoms with E-state index >= 15 is 4.79 Å². The number of fused-ring (bicyclic) bond motifs is 4. The van der Waals surface area contributed by atoms with E-state index in [1.807, 2.05) is 19.1 Å². The molecule has 0 amide bonds. The van der Waals surface area contributed by atoms with E-state index in [1.54, 1.807) is 33.7 Å². The van der Waals surface area contributed by atoms with Crippen LogP contribution < -0.4 is 31.8 Å². The molecule has 13 heteroatoms. The van der Waals surface area contributed by atoms with Crippen LogP contribution >= 0.6 is 21.6 Å². The first kappa shape index (κ1) is 33.1. The molecule has 2 fully saturated rings. The monoisotopic (exact) mass is 708 g/mol. The van der Waals surface area contributed by atoms with Crippen LogP contribution in [-0.4, -0.2) is 51.0 Å². The number of guanidine groups is 1. The molecule has 0 spiro atoms. The molecule has 3 aliphatic carbocycles. The van der Waals surface area contributed by atoms with Crippen LogP contribution in [0.2, 0.25) is 0 Å². The highest BCUT2D eigenvalue weighted by atomic mass is 33.1. The van der Waals surface area contributed by atoms with Gasteiger partial charge in [-0.1, -0.05) is 33.7 Å². The standard InChI is InChI=1S/C36H44N4O7S2/c1-35(42)13-4-7-23-26-29(46-32(23)35)24-17-49-48-16-20(39-34(37)38)15-36(43)14-12-22(18-8-10-19(40-44)11-9-18)25-28(41)27(30(24)47-33(25)36)31(26)45-21-5-2-3-6-21/h8-11,20-23,32,40,42-44H,2-7,12-17H2,1H3,(H4,37,38,39)/t20-,22-,23+,32-,35+,36+/m0/s1. The van der Waals surface area contributed by atoms with E-state index in [2.05, 4.69) is 10.5 Å². The Morgan fingerprint density at radius 3 is 2.55 bits per heavy atom. The molecule has 3 heterocycles. The highest BCUT2D eigenvalue weighted by Crippen LogP contribution is 2.58.